The first kappa shape index (κ1) is 23.5. The molecule has 0 radical (unpaired) electrons. The predicted molar refractivity (Wildman–Crippen MR) is 134 cm³/mol. The summed E-state index contributed by atoms with van der Waals surface area (Å²) in [6.07, 6.45) is -0.790. The Labute approximate surface area is 202 Å². The normalized spacial score (nSPS) is 10.4. The van der Waals surface area contributed by atoms with Crippen molar-refractivity contribution in [3.63, 3.8) is 0 Å². The van der Waals surface area contributed by atoms with Crippen LogP contribution in [0.3, 0.4) is 0 Å². The van der Waals surface area contributed by atoms with Crippen molar-refractivity contribution in [2.24, 2.45) is 0 Å². The van der Waals surface area contributed by atoms with Crippen LogP contribution in [-0.4, -0.2) is 24.6 Å². The summed E-state index contributed by atoms with van der Waals surface area (Å²) in [4.78, 5) is 36.6. The quantitative estimate of drug-likeness (QED) is 0.274. The highest BCUT2D eigenvalue weighted by atomic mass is 16.7. The molecule has 4 aromatic rings. The maximum Gasteiger partial charge on any atom is 0.513 e. The number of anilines is 1. The van der Waals surface area contributed by atoms with Crippen LogP contribution in [0, 0.1) is 0 Å². The van der Waals surface area contributed by atoms with Crippen LogP contribution in [0.5, 0.6) is 5.75 Å². The Balaban J connectivity index is 1.32. The van der Waals surface area contributed by atoms with Crippen molar-refractivity contribution in [2.45, 2.75) is 13.5 Å². The summed E-state index contributed by atoms with van der Waals surface area (Å²) in [5.74, 6) is -0.152. The third-order valence-corrected chi connectivity index (χ3v) is 5.28. The molecule has 0 fully saturated rings. The summed E-state index contributed by atoms with van der Waals surface area (Å²) >= 11 is 0. The smallest absolute Gasteiger partial charge is 0.434 e. The van der Waals surface area contributed by atoms with E-state index in [1.807, 2.05) is 48.5 Å². The molecule has 35 heavy (non-hydrogen) atoms. The van der Waals surface area contributed by atoms with Gasteiger partial charge in [0.15, 0.2) is 0 Å². The second-order valence-corrected chi connectivity index (χ2v) is 7.67. The van der Waals surface area contributed by atoms with Crippen LogP contribution in [-0.2, 0) is 11.3 Å². The molecule has 0 spiro atoms. The number of nitrogens with one attached hydrogen (secondary N) is 2. The van der Waals surface area contributed by atoms with Crippen LogP contribution in [0.25, 0.3) is 10.8 Å². The molecule has 0 aliphatic heterocycles. The zero-order valence-corrected chi connectivity index (χ0v) is 19.1. The van der Waals surface area contributed by atoms with Gasteiger partial charge in [-0.2, -0.15) is 0 Å². The molecule has 0 heterocycles. The first-order valence-electron chi connectivity index (χ1n) is 11.1. The summed E-state index contributed by atoms with van der Waals surface area (Å²) in [6, 6.07) is 26.9. The Hall–Kier alpha value is -4.65. The average molecular weight is 469 g/mol. The molecule has 0 saturated heterocycles. The summed E-state index contributed by atoms with van der Waals surface area (Å²) in [7, 11) is 0. The molecule has 0 aliphatic carbocycles. The Morgan fingerprint density at radius 3 is 2.23 bits per heavy atom. The van der Waals surface area contributed by atoms with E-state index in [-0.39, 0.29) is 18.4 Å². The SMILES string of the molecule is CCOC(=O)Oc1ccc(C(=O)NCc2ccc(NC(=O)c3cccc4ccccc34)cc2)cc1. The van der Waals surface area contributed by atoms with Crippen LogP contribution < -0.4 is 15.4 Å². The second-order valence-electron chi connectivity index (χ2n) is 7.67. The van der Waals surface area contributed by atoms with Gasteiger partial charge in [0, 0.05) is 23.4 Å². The highest BCUT2D eigenvalue weighted by molar-refractivity contribution is 6.12. The zero-order valence-electron chi connectivity index (χ0n) is 19.1. The molecule has 2 amide bonds. The number of benzene rings is 4. The molecule has 7 heteroatoms. The summed E-state index contributed by atoms with van der Waals surface area (Å²) in [5, 5.41) is 7.67. The summed E-state index contributed by atoms with van der Waals surface area (Å²) in [5.41, 5.74) is 2.58. The molecule has 0 atom stereocenters. The highest BCUT2D eigenvalue weighted by Gasteiger charge is 2.11. The maximum atomic E-state index is 12.8. The highest BCUT2D eigenvalue weighted by Crippen LogP contribution is 2.20. The molecule has 7 nitrogen and oxygen atoms in total. The van der Waals surface area contributed by atoms with E-state index in [2.05, 4.69) is 10.6 Å². The molecule has 4 aromatic carbocycles. The van der Waals surface area contributed by atoms with Crippen molar-refractivity contribution in [1.82, 2.24) is 5.32 Å². The molecular weight excluding hydrogens is 444 g/mol. The molecule has 0 aromatic heterocycles. The van der Waals surface area contributed by atoms with E-state index in [0.717, 1.165) is 16.3 Å². The largest absolute Gasteiger partial charge is 0.513 e. The Morgan fingerprint density at radius 2 is 1.49 bits per heavy atom. The Kier molecular flexibility index (Phi) is 7.37. The minimum atomic E-state index is -0.790. The van der Waals surface area contributed by atoms with E-state index in [9.17, 15) is 14.4 Å². The van der Waals surface area contributed by atoms with Gasteiger partial charge < -0.3 is 20.1 Å². The second kappa shape index (κ2) is 11.0. The molecule has 0 saturated carbocycles. The van der Waals surface area contributed by atoms with Gasteiger partial charge >= 0.3 is 6.16 Å². The van der Waals surface area contributed by atoms with Crippen LogP contribution >= 0.6 is 0 Å². The number of fused-ring (bicyclic) bond motifs is 1. The van der Waals surface area contributed by atoms with Crippen molar-refractivity contribution in [2.75, 3.05) is 11.9 Å². The van der Waals surface area contributed by atoms with E-state index in [4.69, 9.17) is 9.47 Å². The predicted octanol–water partition coefficient (Wildman–Crippen LogP) is 5.56. The van der Waals surface area contributed by atoms with Crippen molar-refractivity contribution in [1.29, 1.82) is 0 Å². The van der Waals surface area contributed by atoms with Crippen molar-refractivity contribution >= 4 is 34.4 Å². The van der Waals surface area contributed by atoms with Gasteiger partial charge in [0.25, 0.3) is 11.8 Å². The van der Waals surface area contributed by atoms with Gasteiger partial charge in [-0.05, 0) is 65.7 Å². The molecular formula is C28H24N2O5. The lowest BCUT2D eigenvalue weighted by Gasteiger charge is -2.10. The summed E-state index contributed by atoms with van der Waals surface area (Å²) < 4.78 is 9.70. The van der Waals surface area contributed by atoms with E-state index in [1.54, 1.807) is 37.3 Å². The lowest BCUT2D eigenvalue weighted by Crippen LogP contribution is -2.22. The number of hydrogen-bond acceptors (Lipinski definition) is 5. The van der Waals surface area contributed by atoms with Gasteiger partial charge in [-0.25, -0.2) is 4.79 Å². The number of carbonyl (C=O) groups excluding carboxylic acids is 3. The standard InChI is InChI=1S/C28H24N2O5/c1-2-34-28(33)35-23-16-12-21(13-17-23)26(31)29-18-19-10-14-22(15-11-19)30-27(32)25-9-5-7-20-6-3-4-8-24(20)25/h3-17H,2,18H2,1H3,(H,29,31)(H,30,32). The molecule has 2 N–H and O–H groups in total. The number of ether oxygens (including phenoxy) is 2. The fraction of sp³-hybridized carbons (Fsp3) is 0.107. The topological polar surface area (TPSA) is 93.7 Å². The van der Waals surface area contributed by atoms with Crippen LogP contribution in [0.4, 0.5) is 10.5 Å². The summed E-state index contributed by atoms with van der Waals surface area (Å²) in [6.45, 7) is 2.22. The Bertz CT molecular complexity index is 1340. The molecule has 0 aliphatic rings. The maximum absolute atomic E-state index is 12.8. The fourth-order valence-electron chi connectivity index (χ4n) is 3.53. The van der Waals surface area contributed by atoms with E-state index >= 15 is 0 Å². The fourth-order valence-corrected chi connectivity index (χ4v) is 3.53. The van der Waals surface area contributed by atoms with Crippen molar-refractivity contribution in [3.8, 4) is 5.75 Å². The third kappa shape index (κ3) is 6.03. The van der Waals surface area contributed by atoms with E-state index < -0.39 is 6.16 Å². The molecule has 0 bridgehead atoms. The number of carbonyl (C=O) groups is 3. The van der Waals surface area contributed by atoms with Crippen LogP contribution in [0.1, 0.15) is 33.2 Å². The monoisotopic (exact) mass is 468 g/mol. The lowest BCUT2D eigenvalue weighted by molar-refractivity contribution is 0.0950. The van der Waals surface area contributed by atoms with Crippen LogP contribution in [0.15, 0.2) is 91.0 Å². The van der Waals surface area contributed by atoms with Gasteiger partial charge in [-0.1, -0.05) is 48.5 Å². The van der Waals surface area contributed by atoms with Crippen molar-refractivity contribution in [3.05, 3.63) is 108 Å². The van der Waals surface area contributed by atoms with Crippen LogP contribution in [0.2, 0.25) is 0 Å². The first-order chi connectivity index (χ1) is 17.0. The minimum absolute atomic E-state index is 0.182. The van der Waals surface area contributed by atoms with Gasteiger partial charge in [0.05, 0.1) is 6.61 Å². The van der Waals surface area contributed by atoms with E-state index in [1.165, 1.54) is 12.1 Å². The molecule has 0 unspecified atom stereocenters. The number of amides is 2. The zero-order chi connectivity index (χ0) is 24.6. The minimum Gasteiger partial charge on any atom is -0.434 e. The third-order valence-electron chi connectivity index (χ3n) is 5.28. The van der Waals surface area contributed by atoms with Gasteiger partial charge in [0.2, 0.25) is 0 Å². The molecule has 176 valence electrons. The number of rotatable bonds is 7. The Morgan fingerprint density at radius 1 is 0.771 bits per heavy atom. The van der Waals surface area contributed by atoms with Gasteiger partial charge in [-0.15, -0.1) is 0 Å². The molecule has 4 rings (SSSR count). The first-order valence-corrected chi connectivity index (χ1v) is 11.1. The van der Waals surface area contributed by atoms with Gasteiger partial charge in [0.1, 0.15) is 5.75 Å². The van der Waals surface area contributed by atoms with E-state index in [0.29, 0.717) is 29.1 Å². The van der Waals surface area contributed by atoms with Crippen molar-refractivity contribution < 1.29 is 23.9 Å². The number of hydrogen-bond donors (Lipinski definition) is 2. The van der Waals surface area contributed by atoms with Gasteiger partial charge in [-0.3, -0.25) is 9.59 Å². The average Bonchev–Trinajstić information content (AvgIpc) is 2.88. The lowest BCUT2D eigenvalue weighted by atomic mass is 10.0.